The molecule has 0 radical (unpaired) electrons. The maximum atomic E-state index is 11.0. The van der Waals surface area contributed by atoms with Gasteiger partial charge in [-0.3, -0.25) is 4.72 Å². The first-order valence-electron chi connectivity index (χ1n) is 4.46. The fourth-order valence-corrected chi connectivity index (χ4v) is 2.74. The van der Waals surface area contributed by atoms with Crippen LogP contribution >= 0.6 is 0 Å². The topological polar surface area (TPSA) is 46.2 Å². The van der Waals surface area contributed by atoms with Crippen LogP contribution in [0.4, 0.5) is 5.69 Å². The predicted molar refractivity (Wildman–Crippen MR) is 63.4 cm³/mol. The highest BCUT2D eigenvalue weighted by atomic mass is 32.2. The number of benzene rings is 1. The van der Waals surface area contributed by atoms with Gasteiger partial charge in [0.05, 0.1) is 15.1 Å². The van der Waals surface area contributed by atoms with Crippen LogP contribution in [0.2, 0.25) is 13.1 Å². The second kappa shape index (κ2) is 4.14. The van der Waals surface area contributed by atoms with E-state index < -0.39 is 18.8 Å². The van der Waals surface area contributed by atoms with Crippen LogP contribution in [0.5, 0.6) is 0 Å². The van der Waals surface area contributed by atoms with E-state index in [-0.39, 0.29) is 0 Å². The molecule has 0 saturated carbocycles. The third-order valence-corrected chi connectivity index (χ3v) is 4.16. The third kappa shape index (κ3) is 3.51. The second-order valence-corrected chi connectivity index (χ2v) is 8.38. The number of rotatable bonds is 3. The highest BCUT2D eigenvalue weighted by molar-refractivity contribution is 7.92. The van der Waals surface area contributed by atoms with Gasteiger partial charge in [-0.15, -0.1) is 0 Å². The Morgan fingerprint density at radius 1 is 1.29 bits per heavy atom. The molecule has 0 amide bonds. The largest absolute Gasteiger partial charge is 0.284 e. The van der Waals surface area contributed by atoms with Gasteiger partial charge in [-0.25, -0.2) is 8.42 Å². The van der Waals surface area contributed by atoms with Crippen molar-refractivity contribution in [1.82, 2.24) is 0 Å². The molecule has 0 aliphatic carbocycles. The highest BCUT2D eigenvalue weighted by Crippen LogP contribution is 2.06. The summed E-state index contributed by atoms with van der Waals surface area (Å²) in [6.45, 7) is 4.42. The molecule has 0 unspecified atom stereocenters. The molecule has 1 rings (SSSR count). The Morgan fingerprint density at radius 3 is 2.43 bits per heavy atom. The number of sulfonamides is 1. The zero-order chi connectivity index (χ0) is 10.8. The lowest BCUT2D eigenvalue weighted by atomic mass is 10.3. The van der Waals surface area contributed by atoms with Crippen LogP contribution < -0.4 is 9.91 Å². The van der Waals surface area contributed by atoms with E-state index in [1.807, 2.05) is 18.2 Å². The van der Waals surface area contributed by atoms with Gasteiger partial charge in [-0.05, 0) is 12.1 Å². The van der Waals surface area contributed by atoms with Crippen molar-refractivity contribution in [2.45, 2.75) is 13.1 Å². The molecule has 0 saturated heterocycles. The summed E-state index contributed by atoms with van der Waals surface area (Å²) < 4.78 is 24.4. The van der Waals surface area contributed by atoms with Gasteiger partial charge in [0.15, 0.2) is 0 Å². The number of anilines is 1. The molecule has 0 atom stereocenters. The molecule has 5 heteroatoms. The van der Waals surface area contributed by atoms with Crippen LogP contribution in [0.1, 0.15) is 0 Å². The van der Waals surface area contributed by atoms with Crippen LogP contribution in [0.25, 0.3) is 0 Å². The van der Waals surface area contributed by atoms with Crippen LogP contribution in [-0.2, 0) is 10.0 Å². The van der Waals surface area contributed by atoms with Gasteiger partial charge in [-0.1, -0.05) is 30.4 Å². The fourth-order valence-electron chi connectivity index (χ4n) is 1.18. The molecule has 0 heterocycles. The van der Waals surface area contributed by atoms with Gasteiger partial charge in [0.1, 0.15) is 0 Å². The van der Waals surface area contributed by atoms with Crippen molar-refractivity contribution >= 4 is 29.7 Å². The average molecular weight is 229 g/mol. The molecule has 78 valence electrons. The lowest BCUT2D eigenvalue weighted by Crippen LogP contribution is -2.23. The minimum atomic E-state index is -3.15. The molecular formula is C9H15NO2SSi. The quantitative estimate of drug-likeness (QED) is 0.778. The van der Waals surface area contributed by atoms with Crippen molar-refractivity contribution < 1.29 is 8.42 Å². The van der Waals surface area contributed by atoms with Gasteiger partial charge in [0, 0.05) is 5.69 Å². The summed E-state index contributed by atoms with van der Waals surface area (Å²) >= 11 is 0. The van der Waals surface area contributed by atoms with E-state index in [4.69, 9.17) is 0 Å². The first-order valence-corrected chi connectivity index (χ1v) is 9.24. The molecule has 1 aromatic carbocycles. The Morgan fingerprint density at radius 2 is 1.93 bits per heavy atom. The zero-order valence-corrected chi connectivity index (χ0v) is 10.6. The molecular weight excluding hydrogens is 214 g/mol. The van der Waals surface area contributed by atoms with E-state index >= 15 is 0 Å². The molecule has 1 aromatic rings. The molecule has 0 aromatic heterocycles. The van der Waals surface area contributed by atoms with E-state index in [1.165, 1.54) is 5.19 Å². The van der Waals surface area contributed by atoms with Crippen LogP contribution in [-0.4, -0.2) is 23.5 Å². The average Bonchev–Trinajstić information content (AvgIpc) is 2.01. The summed E-state index contributed by atoms with van der Waals surface area (Å²) in [5, 5.41) is 1.26. The Balaban J connectivity index is 2.95. The molecule has 0 spiro atoms. The lowest BCUT2D eigenvalue weighted by molar-refractivity contribution is 0.607. The molecule has 0 bridgehead atoms. The summed E-state index contributed by atoms with van der Waals surface area (Å²) in [7, 11) is -4.01. The Hall–Kier alpha value is -0.813. The molecule has 1 N–H and O–H groups in total. The minimum Gasteiger partial charge on any atom is -0.284 e. The van der Waals surface area contributed by atoms with Gasteiger partial charge >= 0.3 is 0 Å². The molecule has 14 heavy (non-hydrogen) atoms. The minimum absolute atomic E-state index is 0.659. The number of hydrogen-bond donors (Lipinski definition) is 1. The van der Waals surface area contributed by atoms with Crippen LogP contribution in [0.15, 0.2) is 24.3 Å². The van der Waals surface area contributed by atoms with Gasteiger partial charge in [-0.2, -0.15) is 0 Å². The highest BCUT2D eigenvalue weighted by Gasteiger charge is 2.04. The summed E-state index contributed by atoms with van der Waals surface area (Å²) in [6.07, 6.45) is 1.16. The van der Waals surface area contributed by atoms with Crippen molar-refractivity contribution in [3.05, 3.63) is 24.3 Å². The van der Waals surface area contributed by atoms with E-state index in [1.54, 1.807) is 6.07 Å². The van der Waals surface area contributed by atoms with E-state index in [2.05, 4.69) is 17.8 Å². The zero-order valence-electron chi connectivity index (χ0n) is 8.61. The first-order chi connectivity index (χ1) is 6.38. The van der Waals surface area contributed by atoms with Gasteiger partial charge < -0.3 is 0 Å². The fraction of sp³-hybridized carbons (Fsp3) is 0.333. The molecule has 0 fully saturated rings. The van der Waals surface area contributed by atoms with Crippen molar-refractivity contribution in [3.8, 4) is 0 Å². The normalized spacial score (nSPS) is 11.7. The summed E-state index contributed by atoms with van der Waals surface area (Å²) in [5.74, 6) is 0. The Labute approximate surface area is 86.8 Å². The Kier molecular flexibility index (Phi) is 3.33. The predicted octanol–water partition coefficient (Wildman–Crippen LogP) is 0.752. The number of hydrogen-bond acceptors (Lipinski definition) is 2. The van der Waals surface area contributed by atoms with Gasteiger partial charge in [0.25, 0.3) is 0 Å². The second-order valence-electron chi connectivity index (χ2n) is 3.65. The third-order valence-electron chi connectivity index (χ3n) is 1.86. The van der Waals surface area contributed by atoms with Crippen molar-refractivity contribution in [2.24, 2.45) is 0 Å². The first kappa shape index (κ1) is 11.3. The molecule has 0 aliphatic rings. The van der Waals surface area contributed by atoms with Crippen LogP contribution in [0, 0.1) is 0 Å². The number of nitrogens with one attached hydrogen (secondary N) is 1. The summed E-state index contributed by atoms with van der Waals surface area (Å²) in [4.78, 5) is 0. The van der Waals surface area contributed by atoms with Crippen LogP contribution in [0.3, 0.4) is 0 Å². The molecule has 3 nitrogen and oxygen atoms in total. The monoisotopic (exact) mass is 229 g/mol. The van der Waals surface area contributed by atoms with E-state index in [0.717, 1.165) is 6.26 Å². The van der Waals surface area contributed by atoms with E-state index in [0.29, 0.717) is 5.69 Å². The van der Waals surface area contributed by atoms with Gasteiger partial charge in [0.2, 0.25) is 10.0 Å². The van der Waals surface area contributed by atoms with Crippen molar-refractivity contribution in [3.63, 3.8) is 0 Å². The lowest BCUT2D eigenvalue weighted by Gasteiger charge is -2.07. The summed E-state index contributed by atoms with van der Waals surface area (Å²) in [5.41, 5.74) is 0.659. The van der Waals surface area contributed by atoms with E-state index in [9.17, 15) is 8.42 Å². The summed E-state index contributed by atoms with van der Waals surface area (Å²) in [6, 6.07) is 7.61. The molecule has 0 aliphatic heterocycles. The smallest absolute Gasteiger partial charge is 0.229 e. The van der Waals surface area contributed by atoms with Crippen molar-refractivity contribution in [2.75, 3.05) is 11.0 Å². The Bertz CT molecular complexity index is 415. The maximum absolute atomic E-state index is 11.0. The standard InChI is InChI=1S/C9H15NO2SSi/c1-13(11,12)10-8-5-4-6-9(7-8)14(2)3/h4-7,10,14H,1-3H3. The maximum Gasteiger partial charge on any atom is 0.229 e. The SMILES string of the molecule is C[SiH](C)c1cccc(NS(C)(=O)=O)c1. The van der Waals surface area contributed by atoms with Crippen molar-refractivity contribution in [1.29, 1.82) is 0 Å².